The summed E-state index contributed by atoms with van der Waals surface area (Å²) in [5, 5.41) is 0. The summed E-state index contributed by atoms with van der Waals surface area (Å²) in [6.45, 7) is 22.0. The van der Waals surface area contributed by atoms with Crippen LogP contribution in [0.5, 0.6) is 0 Å². The normalized spacial score (nSPS) is 22.2. The zero-order valence-electron chi connectivity index (χ0n) is 19.3. The van der Waals surface area contributed by atoms with E-state index >= 15 is 0 Å². The second kappa shape index (κ2) is 14.3. The minimum absolute atomic E-state index is 1.47. The summed E-state index contributed by atoms with van der Waals surface area (Å²) in [4.78, 5) is 0. The van der Waals surface area contributed by atoms with Crippen LogP contribution in [-0.4, -0.2) is 0 Å². The average Bonchev–Trinajstić information content (AvgIpc) is 3.02. The molecule has 0 saturated heterocycles. The number of hydrogen-bond donors (Lipinski definition) is 0. The zero-order chi connectivity index (χ0) is 22.0. The van der Waals surface area contributed by atoms with Crippen LogP contribution in [0.15, 0.2) is 30.3 Å². The summed E-state index contributed by atoms with van der Waals surface area (Å²) >= 11 is 1.47. The first-order valence-corrected chi connectivity index (χ1v) is 11.7. The Morgan fingerprint density at radius 2 is 0.607 bits per heavy atom. The van der Waals surface area contributed by atoms with Gasteiger partial charge in [-0.3, -0.25) is 0 Å². The maximum atomic E-state index is 4.64. The Morgan fingerprint density at radius 3 is 0.679 bits per heavy atom. The number of halogens is 1. The Kier molecular flexibility index (Phi) is 14.4. The standard InChI is InChI=1S/2C10H15.C6H5.ClH.Ti/c2*1-6-7(2)9(4)10(5)8(6)3;1-2-4-6-5-3-1;;/h2*1-5H3;1-5H;1H;/q;;-1;;+2/p-1. The van der Waals surface area contributed by atoms with Crippen molar-refractivity contribution in [1.82, 2.24) is 0 Å². The molecular formula is C26H35ClTi. The molecule has 0 heterocycles. The molecule has 0 atom stereocenters. The molecule has 0 aliphatic heterocycles. The van der Waals surface area contributed by atoms with Crippen LogP contribution < -0.4 is 0 Å². The number of hydrogen-bond acceptors (Lipinski definition) is 0. The van der Waals surface area contributed by atoms with E-state index in [0.717, 1.165) is 0 Å². The van der Waals surface area contributed by atoms with E-state index in [9.17, 15) is 0 Å². The third kappa shape index (κ3) is 7.81. The van der Waals surface area contributed by atoms with Crippen LogP contribution in [-0.2, 0) is 19.4 Å². The van der Waals surface area contributed by atoms with Crippen LogP contribution in [0.2, 0.25) is 0 Å². The van der Waals surface area contributed by atoms with Crippen LogP contribution in [0.3, 0.4) is 0 Å². The van der Waals surface area contributed by atoms with Crippen LogP contribution in [0.25, 0.3) is 0 Å². The molecule has 10 radical (unpaired) electrons. The van der Waals surface area contributed by atoms with Gasteiger partial charge in [0, 0.05) is 0 Å². The fourth-order valence-corrected chi connectivity index (χ4v) is 3.15. The van der Waals surface area contributed by atoms with Crippen molar-refractivity contribution in [3.8, 4) is 0 Å². The van der Waals surface area contributed by atoms with Crippen molar-refractivity contribution in [2.24, 2.45) is 0 Å². The monoisotopic (exact) mass is 430 g/mol. The van der Waals surface area contributed by atoms with Gasteiger partial charge in [0.2, 0.25) is 0 Å². The molecule has 0 spiro atoms. The maximum Gasteiger partial charge on any atom is -0.171 e. The molecule has 2 aliphatic rings. The van der Waals surface area contributed by atoms with Gasteiger partial charge in [0.25, 0.3) is 0 Å². The fourth-order valence-electron chi connectivity index (χ4n) is 3.15. The molecule has 0 nitrogen and oxygen atoms in total. The molecule has 0 unspecified atom stereocenters. The summed E-state index contributed by atoms with van der Waals surface area (Å²) in [6.07, 6.45) is 0. The maximum absolute atomic E-state index is 4.64. The summed E-state index contributed by atoms with van der Waals surface area (Å²) in [7, 11) is 4.64. The Balaban J connectivity index is 0.000000384. The van der Waals surface area contributed by atoms with Crippen molar-refractivity contribution >= 4 is 9.30 Å². The van der Waals surface area contributed by atoms with Gasteiger partial charge in [0.1, 0.15) is 0 Å². The van der Waals surface area contributed by atoms with Gasteiger partial charge < -0.3 is 0 Å². The molecule has 0 aromatic heterocycles. The zero-order valence-corrected chi connectivity index (χ0v) is 21.6. The van der Waals surface area contributed by atoms with Gasteiger partial charge in [0.05, 0.1) is 0 Å². The Morgan fingerprint density at radius 1 is 0.429 bits per heavy atom. The largest absolute Gasteiger partial charge is 0.184 e. The molecule has 0 bridgehead atoms. The average molecular weight is 431 g/mol. The minimum Gasteiger partial charge on any atom is -0.184 e. The fraction of sp³-hybridized carbons (Fsp3) is 0.385. The van der Waals surface area contributed by atoms with Crippen molar-refractivity contribution in [3.05, 3.63) is 95.6 Å². The van der Waals surface area contributed by atoms with Crippen molar-refractivity contribution in [2.45, 2.75) is 69.2 Å². The summed E-state index contributed by atoms with van der Waals surface area (Å²) in [6, 6.07) is 12.5. The predicted molar refractivity (Wildman–Crippen MR) is 120 cm³/mol. The topological polar surface area (TPSA) is 0 Å². The van der Waals surface area contributed by atoms with Gasteiger partial charge in [-0.05, 0) is 59.2 Å². The van der Waals surface area contributed by atoms with E-state index in [4.69, 9.17) is 0 Å². The summed E-state index contributed by atoms with van der Waals surface area (Å²) in [5.41, 5.74) is 0. The molecule has 150 valence electrons. The summed E-state index contributed by atoms with van der Waals surface area (Å²) < 4.78 is 0. The van der Waals surface area contributed by atoms with Gasteiger partial charge >= 0.3 is 28.7 Å². The second-order valence-corrected chi connectivity index (χ2v) is 7.33. The quantitative estimate of drug-likeness (QED) is 0.288. The van der Waals surface area contributed by atoms with E-state index in [1.165, 1.54) is 78.6 Å². The molecule has 2 saturated carbocycles. The van der Waals surface area contributed by atoms with Gasteiger partial charge in [-0.25, -0.2) is 0 Å². The smallest absolute Gasteiger partial charge is 0.171 e. The third-order valence-corrected chi connectivity index (χ3v) is 6.23. The summed E-state index contributed by atoms with van der Waals surface area (Å²) in [5.74, 6) is 14.7. The first-order valence-electron chi connectivity index (χ1n) is 9.60. The van der Waals surface area contributed by atoms with E-state index in [1.807, 2.05) is 30.3 Å². The van der Waals surface area contributed by atoms with Crippen LogP contribution >= 0.6 is 9.30 Å². The molecule has 2 fully saturated rings. The number of benzene rings is 1. The predicted octanol–water partition coefficient (Wildman–Crippen LogP) is 8.12. The van der Waals surface area contributed by atoms with E-state index in [1.54, 1.807) is 0 Å². The molecular weight excluding hydrogens is 396 g/mol. The van der Waals surface area contributed by atoms with E-state index in [0.29, 0.717) is 0 Å². The van der Waals surface area contributed by atoms with Crippen molar-refractivity contribution in [3.63, 3.8) is 0 Å². The SMILES string of the molecule is C[C]1[C](C)[C](C)[C](C)[C]1C.C[C]1[C](C)[C](C)[C](C)[C]1C.[Cl][Ti+].[c-]1ccccc1. The van der Waals surface area contributed by atoms with E-state index < -0.39 is 0 Å². The molecule has 0 N–H and O–H groups in total. The van der Waals surface area contributed by atoms with Crippen LogP contribution in [0, 0.1) is 65.2 Å². The Bertz CT molecular complexity index is 344. The van der Waals surface area contributed by atoms with E-state index in [2.05, 4.69) is 84.6 Å². The minimum atomic E-state index is 1.47. The van der Waals surface area contributed by atoms with Crippen molar-refractivity contribution in [1.29, 1.82) is 0 Å². The van der Waals surface area contributed by atoms with Crippen LogP contribution in [0.1, 0.15) is 69.2 Å². The van der Waals surface area contributed by atoms with E-state index in [-0.39, 0.29) is 0 Å². The van der Waals surface area contributed by atoms with Crippen molar-refractivity contribution in [2.75, 3.05) is 0 Å². The third-order valence-electron chi connectivity index (χ3n) is 6.23. The molecule has 28 heavy (non-hydrogen) atoms. The molecule has 0 amide bonds. The first kappa shape index (κ1) is 28.2. The second-order valence-electron chi connectivity index (χ2n) is 7.33. The first-order chi connectivity index (χ1) is 13.1. The van der Waals surface area contributed by atoms with Gasteiger partial charge in [-0.2, -0.15) is 36.4 Å². The van der Waals surface area contributed by atoms with Gasteiger partial charge in [-0.15, -0.1) is 0 Å². The molecule has 1 aromatic carbocycles. The Labute approximate surface area is 192 Å². The van der Waals surface area contributed by atoms with Gasteiger partial charge in [-0.1, -0.05) is 69.2 Å². The van der Waals surface area contributed by atoms with Crippen molar-refractivity contribution < 1.29 is 19.4 Å². The molecule has 1 aromatic rings. The molecule has 2 aliphatic carbocycles. The Hall–Kier alpha value is 0.224. The molecule has 3 rings (SSSR count). The van der Waals surface area contributed by atoms with Gasteiger partial charge in [0.15, 0.2) is 0 Å². The molecule has 2 heteroatoms. The van der Waals surface area contributed by atoms with Crippen LogP contribution in [0.4, 0.5) is 0 Å². The number of rotatable bonds is 0.